The van der Waals surface area contributed by atoms with Crippen molar-refractivity contribution in [3.05, 3.63) is 65.4 Å². The zero-order valence-corrected chi connectivity index (χ0v) is 19.2. The first-order chi connectivity index (χ1) is 15.1. The highest BCUT2D eigenvalue weighted by Crippen LogP contribution is 2.29. The van der Waals surface area contributed by atoms with Crippen LogP contribution in [0.1, 0.15) is 26.7 Å². The molecule has 7 heteroatoms. The maximum atomic E-state index is 6.46. The second-order valence-electron chi connectivity index (χ2n) is 8.13. The Morgan fingerprint density at radius 2 is 2.03 bits per heavy atom. The number of hydrogen-bond donors (Lipinski definition) is 1. The van der Waals surface area contributed by atoms with Crippen molar-refractivity contribution in [2.45, 2.75) is 32.7 Å². The minimum atomic E-state index is 0.404. The molecule has 5 nitrogen and oxygen atoms in total. The van der Waals surface area contributed by atoms with E-state index < -0.39 is 0 Å². The predicted octanol–water partition coefficient (Wildman–Crippen LogP) is 3.71. The number of anilines is 1. The van der Waals surface area contributed by atoms with Gasteiger partial charge in [-0.15, -0.1) is 0 Å². The number of piperidine rings is 1. The van der Waals surface area contributed by atoms with Crippen molar-refractivity contribution in [1.82, 2.24) is 19.5 Å². The molecule has 0 bridgehead atoms. The third-order valence-corrected chi connectivity index (χ3v) is 6.22. The third-order valence-electron chi connectivity index (χ3n) is 5.90. The molecular formula is C24H29BClN5. The van der Waals surface area contributed by atoms with Crippen LogP contribution >= 0.6 is 11.6 Å². The van der Waals surface area contributed by atoms with Crippen molar-refractivity contribution in [3.63, 3.8) is 0 Å². The van der Waals surface area contributed by atoms with Gasteiger partial charge in [0.15, 0.2) is 5.65 Å². The van der Waals surface area contributed by atoms with Crippen molar-refractivity contribution in [3.8, 4) is 11.3 Å². The molecule has 0 aliphatic carbocycles. The Balaban J connectivity index is 1.53. The molecule has 0 amide bonds. The van der Waals surface area contributed by atoms with Crippen molar-refractivity contribution in [2.75, 3.05) is 25.0 Å². The van der Waals surface area contributed by atoms with Crippen molar-refractivity contribution in [2.24, 2.45) is 0 Å². The van der Waals surface area contributed by atoms with Gasteiger partial charge in [0.2, 0.25) is 0 Å². The highest BCUT2D eigenvalue weighted by atomic mass is 35.5. The molecule has 1 aliphatic heterocycles. The molecule has 31 heavy (non-hydrogen) atoms. The fourth-order valence-corrected chi connectivity index (χ4v) is 4.37. The van der Waals surface area contributed by atoms with E-state index in [1.807, 2.05) is 42.8 Å². The van der Waals surface area contributed by atoms with Crippen molar-refractivity contribution in [1.29, 1.82) is 0 Å². The lowest BCUT2D eigenvalue weighted by Gasteiger charge is -2.33. The number of hydrogen-bond acceptors (Lipinski definition) is 4. The van der Waals surface area contributed by atoms with Crippen molar-refractivity contribution >= 4 is 36.4 Å². The molecule has 0 spiro atoms. The molecule has 1 fully saturated rings. The molecule has 0 saturated carbocycles. The number of halogens is 1. The minimum absolute atomic E-state index is 0.404. The van der Waals surface area contributed by atoms with Crippen LogP contribution < -0.4 is 10.8 Å². The first-order valence-corrected chi connectivity index (χ1v) is 11.3. The smallest absolute Gasteiger partial charge is 0.151 e. The van der Waals surface area contributed by atoms with Crippen LogP contribution in [0.2, 0.25) is 5.02 Å². The maximum absolute atomic E-state index is 6.46. The van der Waals surface area contributed by atoms with E-state index in [0.717, 1.165) is 60.7 Å². The van der Waals surface area contributed by atoms with Gasteiger partial charge in [0.05, 0.1) is 5.69 Å². The number of nitrogens with zero attached hydrogens (tertiary/aromatic N) is 4. The quantitative estimate of drug-likeness (QED) is 0.475. The van der Waals surface area contributed by atoms with Gasteiger partial charge in [0, 0.05) is 48.5 Å². The summed E-state index contributed by atoms with van der Waals surface area (Å²) in [6.07, 6.45) is 10.6. The summed E-state index contributed by atoms with van der Waals surface area (Å²) < 4.78 is 1.91. The van der Waals surface area contributed by atoms with E-state index in [9.17, 15) is 0 Å². The van der Waals surface area contributed by atoms with Crippen LogP contribution in [0.5, 0.6) is 0 Å². The molecule has 0 unspecified atom stereocenters. The number of nitrogens with one attached hydrogen (secondary N) is 1. The summed E-state index contributed by atoms with van der Waals surface area (Å²) in [6, 6.07) is 10.3. The van der Waals surface area contributed by atoms with E-state index in [1.165, 1.54) is 5.57 Å². The molecule has 1 aromatic carbocycles. The van der Waals surface area contributed by atoms with Crippen LogP contribution in [0.3, 0.4) is 0 Å². The third kappa shape index (κ3) is 4.86. The van der Waals surface area contributed by atoms with Gasteiger partial charge in [-0.05, 0) is 43.8 Å². The summed E-state index contributed by atoms with van der Waals surface area (Å²) in [5.41, 5.74) is 5.09. The van der Waals surface area contributed by atoms with Gasteiger partial charge in [-0.25, -0.2) is 4.98 Å². The van der Waals surface area contributed by atoms with Gasteiger partial charge in [0.25, 0.3) is 0 Å². The normalized spacial score (nSPS) is 16.4. The second kappa shape index (κ2) is 9.71. The van der Waals surface area contributed by atoms with E-state index >= 15 is 0 Å². The monoisotopic (exact) mass is 433 g/mol. The zero-order chi connectivity index (χ0) is 21.8. The lowest BCUT2D eigenvalue weighted by molar-refractivity contribution is 0.236. The highest BCUT2D eigenvalue weighted by molar-refractivity contribution is 6.36. The summed E-state index contributed by atoms with van der Waals surface area (Å²) >= 11 is 6.46. The largest absolute Gasteiger partial charge is 0.367 e. The Bertz CT molecular complexity index is 1110. The van der Waals surface area contributed by atoms with Gasteiger partial charge in [0.1, 0.15) is 13.7 Å². The number of fused-ring (bicyclic) bond motifs is 1. The molecule has 1 saturated heterocycles. The van der Waals surface area contributed by atoms with Gasteiger partial charge in [-0.1, -0.05) is 48.0 Å². The Morgan fingerprint density at radius 1 is 1.26 bits per heavy atom. The van der Waals surface area contributed by atoms with Gasteiger partial charge < -0.3 is 5.32 Å². The maximum Gasteiger partial charge on any atom is 0.151 e. The highest BCUT2D eigenvalue weighted by Gasteiger charge is 2.21. The molecule has 1 aliphatic rings. The SMILES string of the molecule is Bc1cnn2c(NC3CCN(CC(/C=C\C)=C/C)CC3)cc(-c3ccccc3Cl)nc12. The molecule has 2 aromatic heterocycles. The number of aromatic nitrogens is 3. The van der Waals surface area contributed by atoms with Crippen molar-refractivity contribution < 1.29 is 0 Å². The lowest BCUT2D eigenvalue weighted by atomic mass is 10.0. The zero-order valence-electron chi connectivity index (χ0n) is 18.5. The van der Waals surface area contributed by atoms with Gasteiger partial charge >= 0.3 is 0 Å². The Morgan fingerprint density at radius 3 is 2.74 bits per heavy atom. The Hall–Kier alpha value is -2.57. The first kappa shape index (κ1) is 21.7. The minimum Gasteiger partial charge on any atom is -0.367 e. The average Bonchev–Trinajstić information content (AvgIpc) is 3.16. The summed E-state index contributed by atoms with van der Waals surface area (Å²) in [5.74, 6) is 0.967. The van der Waals surface area contributed by atoms with Crippen LogP contribution in [0, 0.1) is 0 Å². The number of allylic oxidation sites excluding steroid dienone is 2. The van der Waals surface area contributed by atoms with E-state index in [2.05, 4.69) is 53.5 Å². The second-order valence-corrected chi connectivity index (χ2v) is 8.54. The molecule has 3 aromatic rings. The first-order valence-electron chi connectivity index (χ1n) is 11.0. The van der Waals surface area contributed by atoms with Crippen LogP contribution in [0.25, 0.3) is 16.9 Å². The van der Waals surface area contributed by atoms with E-state index in [1.54, 1.807) is 0 Å². The fourth-order valence-electron chi connectivity index (χ4n) is 4.14. The lowest BCUT2D eigenvalue weighted by Crippen LogP contribution is -2.40. The number of benzene rings is 1. The summed E-state index contributed by atoms with van der Waals surface area (Å²) in [6.45, 7) is 7.36. The average molecular weight is 434 g/mol. The van der Waals surface area contributed by atoms with Crippen LogP contribution in [0.15, 0.2) is 60.3 Å². The molecule has 160 valence electrons. The Kier molecular flexibility index (Phi) is 6.78. The topological polar surface area (TPSA) is 45.5 Å². The van der Waals surface area contributed by atoms with Crippen LogP contribution in [-0.4, -0.2) is 53.0 Å². The fraction of sp³-hybridized carbons (Fsp3) is 0.333. The molecule has 4 rings (SSSR count). The predicted molar refractivity (Wildman–Crippen MR) is 133 cm³/mol. The Labute approximate surface area is 190 Å². The molecule has 1 N–H and O–H groups in total. The molecule has 0 atom stereocenters. The molecule has 3 heterocycles. The number of rotatable bonds is 6. The van der Waals surface area contributed by atoms with Gasteiger partial charge in [-0.2, -0.15) is 9.61 Å². The van der Waals surface area contributed by atoms with E-state index in [4.69, 9.17) is 16.6 Å². The van der Waals surface area contributed by atoms with E-state index in [-0.39, 0.29) is 0 Å². The summed E-state index contributed by atoms with van der Waals surface area (Å²) in [5, 5.41) is 9.01. The molecule has 0 radical (unpaired) electrons. The van der Waals surface area contributed by atoms with Gasteiger partial charge in [-0.3, -0.25) is 4.90 Å². The summed E-state index contributed by atoms with van der Waals surface area (Å²) in [4.78, 5) is 7.38. The molecular weight excluding hydrogens is 405 g/mol. The standard InChI is InChI=1S/C24H29BClN5/c1-3-7-17(4-2)16-30-12-10-18(11-13-30)28-23-14-22(19-8-5-6-9-21(19)26)29-24-20(25)15-27-31(23)24/h3-9,14-15,18,28H,10-13,16,25H2,1-2H3/b7-3-,17-4+. The summed E-state index contributed by atoms with van der Waals surface area (Å²) in [7, 11) is 2.04. The van der Waals surface area contributed by atoms with E-state index in [0.29, 0.717) is 11.1 Å². The number of likely N-dealkylation sites (tertiary alicyclic amines) is 1. The van der Waals surface area contributed by atoms with Crippen LogP contribution in [0.4, 0.5) is 5.82 Å². The van der Waals surface area contributed by atoms with Crippen LogP contribution in [-0.2, 0) is 0 Å².